The number of nitrogens with one attached hydrogen (secondary N) is 1. The van der Waals surface area contributed by atoms with Crippen molar-refractivity contribution in [3.8, 4) is 11.5 Å². The predicted octanol–water partition coefficient (Wildman–Crippen LogP) is 2.96. The van der Waals surface area contributed by atoms with Crippen molar-refractivity contribution in [1.29, 1.82) is 0 Å². The molecule has 1 unspecified atom stereocenters. The number of hydrogen-bond acceptors (Lipinski definition) is 4. The standard InChI is InChI=1S/C14H19ClN2O2/c1-17-5-2-3-10(4-6-17)16-12-8-14-13(7-11(12)15)18-9-19-14/h7-8,10,16H,2-6,9H2,1H3. The Morgan fingerprint density at radius 3 is 2.84 bits per heavy atom. The van der Waals surface area contributed by atoms with Crippen LogP contribution in [0.1, 0.15) is 19.3 Å². The molecule has 2 aliphatic heterocycles. The molecule has 0 amide bonds. The Kier molecular flexibility index (Phi) is 3.71. The molecule has 0 aromatic heterocycles. The number of nitrogens with zero attached hydrogens (tertiary/aromatic N) is 1. The Morgan fingerprint density at radius 2 is 2.00 bits per heavy atom. The second-order valence-electron chi connectivity index (χ2n) is 5.26. The number of hydrogen-bond donors (Lipinski definition) is 1. The largest absolute Gasteiger partial charge is 0.454 e. The maximum atomic E-state index is 6.29. The molecule has 5 heteroatoms. The van der Waals surface area contributed by atoms with Crippen LogP contribution in [0, 0.1) is 0 Å². The molecule has 3 rings (SSSR count). The van der Waals surface area contributed by atoms with E-state index in [-0.39, 0.29) is 6.79 Å². The molecule has 1 N–H and O–H groups in total. The Hall–Kier alpha value is -1.13. The average Bonchev–Trinajstić information content (AvgIpc) is 2.73. The highest BCUT2D eigenvalue weighted by molar-refractivity contribution is 6.33. The molecule has 2 heterocycles. The van der Waals surface area contributed by atoms with Gasteiger partial charge in [-0.25, -0.2) is 0 Å². The summed E-state index contributed by atoms with van der Waals surface area (Å²) in [7, 11) is 2.18. The van der Waals surface area contributed by atoms with Gasteiger partial charge < -0.3 is 19.7 Å². The van der Waals surface area contributed by atoms with Crippen molar-refractivity contribution in [2.45, 2.75) is 25.3 Å². The quantitative estimate of drug-likeness (QED) is 0.904. The highest BCUT2D eigenvalue weighted by Gasteiger charge is 2.19. The summed E-state index contributed by atoms with van der Waals surface area (Å²) in [5.41, 5.74) is 0.945. The lowest BCUT2D eigenvalue weighted by Gasteiger charge is -2.19. The van der Waals surface area contributed by atoms with Crippen LogP contribution in [0.5, 0.6) is 11.5 Å². The van der Waals surface area contributed by atoms with Crippen LogP contribution in [-0.4, -0.2) is 37.9 Å². The van der Waals surface area contributed by atoms with Crippen molar-refractivity contribution in [2.75, 3.05) is 32.2 Å². The van der Waals surface area contributed by atoms with Crippen LogP contribution in [-0.2, 0) is 0 Å². The molecule has 0 radical (unpaired) electrons. The molecule has 0 saturated carbocycles. The second-order valence-corrected chi connectivity index (χ2v) is 5.67. The van der Waals surface area contributed by atoms with E-state index in [0.29, 0.717) is 11.1 Å². The Labute approximate surface area is 118 Å². The van der Waals surface area contributed by atoms with E-state index in [1.54, 1.807) is 0 Å². The van der Waals surface area contributed by atoms with Crippen molar-refractivity contribution >= 4 is 17.3 Å². The van der Waals surface area contributed by atoms with Crippen molar-refractivity contribution in [2.24, 2.45) is 0 Å². The van der Waals surface area contributed by atoms with Crippen LogP contribution in [0.3, 0.4) is 0 Å². The minimum Gasteiger partial charge on any atom is -0.454 e. The third kappa shape index (κ3) is 2.90. The van der Waals surface area contributed by atoms with Gasteiger partial charge in [-0.2, -0.15) is 0 Å². The van der Waals surface area contributed by atoms with Crippen molar-refractivity contribution in [3.63, 3.8) is 0 Å². The third-order valence-electron chi connectivity index (χ3n) is 3.77. The number of anilines is 1. The molecule has 0 aliphatic carbocycles. The fourth-order valence-electron chi connectivity index (χ4n) is 2.63. The molecule has 0 bridgehead atoms. The summed E-state index contributed by atoms with van der Waals surface area (Å²) >= 11 is 6.29. The lowest BCUT2D eigenvalue weighted by molar-refractivity contribution is 0.174. The van der Waals surface area contributed by atoms with Crippen LogP contribution < -0.4 is 14.8 Å². The minimum absolute atomic E-state index is 0.281. The van der Waals surface area contributed by atoms with Gasteiger partial charge in [0.15, 0.2) is 11.5 Å². The van der Waals surface area contributed by atoms with Gasteiger partial charge in [-0.05, 0) is 39.4 Å². The van der Waals surface area contributed by atoms with Crippen molar-refractivity contribution in [3.05, 3.63) is 17.2 Å². The Morgan fingerprint density at radius 1 is 1.21 bits per heavy atom. The van der Waals surface area contributed by atoms with Gasteiger partial charge in [-0.3, -0.25) is 0 Å². The maximum Gasteiger partial charge on any atom is 0.231 e. The number of likely N-dealkylation sites (tertiary alicyclic amines) is 1. The molecule has 1 aromatic carbocycles. The first-order valence-electron chi connectivity index (χ1n) is 6.76. The van der Waals surface area contributed by atoms with E-state index in [1.165, 1.54) is 19.4 Å². The van der Waals surface area contributed by atoms with Gasteiger partial charge >= 0.3 is 0 Å². The van der Waals surface area contributed by atoms with Gasteiger partial charge in [0.1, 0.15) is 0 Å². The summed E-state index contributed by atoms with van der Waals surface area (Å²) in [5.74, 6) is 1.51. The molecule has 1 saturated heterocycles. The van der Waals surface area contributed by atoms with Gasteiger partial charge in [-0.15, -0.1) is 0 Å². The summed E-state index contributed by atoms with van der Waals surface area (Å²) in [6.45, 7) is 2.58. The normalized spacial score (nSPS) is 23.2. The van der Waals surface area contributed by atoms with E-state index in [2.05, 4.69) is 17.3 Å². The highest BCUT2D eigenvalue weighted by Crippen LogP contribution is 2.39. The molecule has 1 aromatic rings. The summed E-state index contributed by atoms with van der Waals surface area (Å²) in [4.78, 5) is 2.38. The van der Waals surface area contributed by atoms with Crippen LogP contribution in [0.25, 0.3) is 0 Å². The second kappa shape index (κ2) is 5.47. The fourth-order valence-corrected chi connectivity index (χ4v) is 2.84. The summed E-state index contributed by atoms with van der Waals surface area (Å²) < 4.78 is 10.7. The van der Waals surface area contributed by atoms with Gasteiger partial charge in [-0.1, -0.05) is 11.6 Å². The third-order valence-corrected chi connectivity index (χ3v) is 4.09. The van der Waals surface area contributed by atoms with Gasteiger partial charge in [0, 0.05) is 18.2 Å². The van der Waals surface area contributed by atoms with E-state index in [0.717, 1.165) is 30.2 Å². The topological polar surface area (TPSA) is 33.7 Å². The average molecular weight is 283 g/mol. The monoisotopic (exact) mass is 282 g/mol. The first kappa shape index (κ1) is 12.9. The molecule has 19 heavy (non-hydrogen) atoms. The molecule has 1 atom stereocenters. The number of benzene rings is 1. The summed E-state index contributed by atoms with van der Waals surface area (Å²) in [5, 5.41) is 4.24. The number of fused-ring (bicyclic) bond motifs is 1. The molecule has 1 fully saturated rings. The van der Waals surface area contributed by atoms with Crippen LogP contribution >= 0.6 is 11.6 Å². The molecule has 104 valence electrons. The SMILES string of the molecule is CN1CCCC(Nc2cc3c(cc2Cl)OCO3)CC1. The molecular weight excluding hydrogens is 264 g/mol. The van der Waals surface area contributed by atoms with Crippen LogP contribution in [0.4, 0.5) is 5.69 Å². The fraction of sp³-hybridized carbons (Fsp3) is 0.571. The van der Waals surface area contributed by atoms with Crippen LogP contribution in [0.15, 0.2) is 12.1 Å². The smallest absolute Gasteiger partial charge is 0.231 e. The van der Waals surface area contributed by atoms with E-state index in [9.17, 15) is 0 Å². The van der Waals surface area contributed by atoms with E-state index in [4.69, 9.17) is 21.1 Å². The minimum atomic E-state index is 0.281. The van der Waals surface area contributed by atoms with Crippen LogP contribution in [0.2, 0.25) is 5.02 Å². The zero-order valence-corrected chi connectivity index (χ0v) is 11.9. The van der Waals surface area contributed by atoms with E-state index in [1.807, 2.05) is 12.1 Å². The lowest BCUT2D eigenvalue weighted by Crippen LogP contribution is -2.23. The maximum absolute atomic E-state index is 6.29. The van der Waals surface area contributed by atoms with E-state index < -0.39 is 0 Å². The van der Waals surface area contributed by atoms with E-state index >= 15 is 0 Å². The zero-order chi connectivity index (χ0) is 13.2. The highest BCUT2D eigenvalue weighted by atomic mass is 35.5. The molecule has 2 aliphatic rings. The molecule has 0 spiro atoms. The van der Waals surface area contributed by atoms with Gasteiger partial charge in [0.2, 0.25) is 6.79 Å². The number of rotatable bonds is 2. The Bertz CT molecular complexity index is 467. The predicted molar refractivity (Wildman–Crippen MR) is 76.3 cm³/mol. The van der Waals surface area contributed by atoms with Crippen molar-refractivity contribution in [1.82, 2.24) is 4.90 Å². The number of ether oxygens (including phenoxy) is 2. The van der Waals surface area contributed by atoms with Gasteiger partial charge in [0.05, 0.1) is 10.7 Å². The molecule has 4 nitrogen and oxygen atoms in total. The zero-order valence-electron chi connectivity index (χ0n) is 11.1. The lowest BCUT2D eigenvalue weighted by atomic mass is 10.1. The van der Waals surface area contributed by atoms with Gasteiger partial charge in [0.25, 0.3) is 0 Å². The number of halogens is 1. The first-order chi connectivity index (χ1) is 9.22. The molecular formula is C14H19ClN2O2. The van der Waals surface area contributed by atoms with Crippen molar-refractivity contribution < 1.29 is 9.47 Å². The summed E-state index contributed by atoms with van der Waals surface area (Å²) in [6.07, 6.45) is 3.53. The Balaban J connectivity index is 1.72. The first-order valence-corrected chi connectivity index (χ1v) is 7.14. The summed E-state index contributed by atoms with van der Waals surface area (Å²) in [6, 6.07) is 4.25.